The van der Waals surface area contributed by atoms with Crippen LogP contribution in [0.15, 0.2) is 48.5 Å². The molecule has 33 heavy (non-hydrogen) atoms. The Bertz CT molecular complexity index is 1200. The van der Waals surface area contributed by atoms with Crippen LogP contribution in [0.2, 0.25) is 5.02 Å². The van der Waals surface area contributed by atoms with Crippen molar-refractivity contribution in [3.05, 3.63) is 93.0 Å². The molecule has 1 amide bonds. The van der Waals surface area contributed by atoms with Gasteiger partial charge in [0, 0.05) is 35.4 Å². The maximum Gasteiger partial charge on any atom is 0.354 e. The second-order valence-corrected chi connectivity index (χ2v) is 8.14. The topological polar surface area (TPSA) is 68.6 Å². The first-order chi connectivity index (χ1) is 15.6. The van der Waals surface area contributed by atoms with E-state index < -0.39 is 11.8 Å². The lowest BCUT2D eigenvalue weighted by Crippen LogP contribution is -2.35. The van der Waals surface area contributed by atoms with E-state index in [9.17, 15) is 18.8 Å². The van der Waals surface area contributed by atoms with E-state index in [0.717, 1.165) is 0 Å². The van der Waals surface area contributed by atoms with E-state index in [1.54, 1.807) is 61.9 Å². The molecule has 0 aliphatic rings. The Kier molecular flexibility index (Phi) is 7.33. The van der Waals surface area contributed by atoms with E-state index in [2.05, 4.69) is 0 Å². The number of ketones is 1. The molecule has 0 unspecified atom stereocenters. The van der Waals surface area contributed by atoms with Gasteiger partial charge in [-0.2, -0.15) is 0 Å². The Morgan fingerprint density at radius 3 is 2.21 bits per heavy atom. The number of rotatable bonds is 7. The first-order valence-corrected chi connectivity index (χ1v) is 10.6. The van der Waals surface area contributed by atoms with Crippen molar-refractivity contribution in [3.8, 4) is 0 Å². The van der Waals surface area contributed by atoms with E-state index in [1.807, 2.05) is 0 Å². The lowest BCUT2D eigenvalue weighted by molar-refractivity contribution is 0.0588. The van der Waals surface area contributed by atoms with Gasteiger partial charge in [0.15, 0.2) is 5.78 Å². The first-order valence-electron chi connectivity index (χ1n) is 10.2. The fourth-order valence-corrected chi connectivity index (χ4v) is 3.94. The molecule has 0 saturated heterocycles. The standard InChI is InChI=1S/C25H24ClFN2O4/c1-15-22(16(2)28(3)23(15)25(32)33-4)21(30)14-29(13-17-5-11-20(27)12-6-17)24(31)18-7-9-19(26)10-8-18/h5-12H,13-14H2,1-4H3. The minimum absolute atomic E-state index is 0.0995. The maximum atomic E-state index is 13.4. The summed E-state index contributed by atoms with van der Waals surface area (Å²) < 4.78 is 19.8. The molecule has 6 nitrogen and oxygen atoms in total. The van der Waals surface area contributed by atoms with E-state index in [4.69, 9.17) is 16.3 Å². The highest BCUT2D eigenvalue weighted by Gasteiger charge is 2.28. The van der Waals surface area contributed by atoms with Crippen molar-refractivity contribution in [1.82, 2.24) is 9.47 Å². The zero-order valence-electron chi connectivity index (χ0n) is 18.8. The SMILES string of the molecule is COC(=O)c1c(C)c(C(=O)CN(Cc2ccc(F)cc2)C(=O)c2ccc(Cl)cc2)c(C)n1C. The van der Waals surface area contributed by atoms with Crippen LogP contribution in [0.25, 0.3) is 0 Å². The van der Waals surface area contributed by atoms with Crippen molar-refractivity contribution >= 4 is 29.3 Å². The number of halogens is 2. The number of carbonyl (C=O) groups excluding carboxylic acids is 3. The number of nitrogens with zero attached hydrogens (tertiary/aromatic N) is 2. The highest BCUT2D eigenvalue weighted by Crippen LogP contribution is 2.24. The van der Waals surface area contributed by atoms with Crippen LogP contribution in [-0.4, -0.2) is 40.8 Å². The summed E-state index contributed by atoms with van der Waals surface area (Å²) in [7, 11) is 2.96. The molecule has 0 aliphatic carbocycles. The van der Waals surface area contributed by atoms with Crippen LogP contribution in [0.5, 0.6) is 0 Å². The molecule has 0 aliphatic heterocycles. The van der Waals surface area contributed by atoms with Gasteiger partial charge in [0.2, 0.25) is 0 Å². The molecule has 8 heteroatoms. The molecule has 3 rings (SSSR count). The number of methoxy groups -OCH3 is 1. The zero-order chi connectivity index (χ0) is 24.3. The van der Waals surface area contributed by atoms with Crippen LogP contribution in [0.1, 0.15) is 48.0 Å². The number of ether oxygens (including phenoxy) is 1. The monoisotopic (exact) mass is 470 g/mol. The summed E-state index contributed by atoms with van der Waals surface area (Å²) in [6.07, 6.45) is 0. The molecule has 3 aromatic rings. The van der Waals surface area contributed by atoms with E-state index >= 15 is 0 Å². The maximum absolute atomic E-state index is 13.4. The third kappa shape index (κ3) is 5.14. The minimum Gasteiger partial charge on any atom is -0.464 e. The fourth-order valence-electron chi connectivity index (χ4n) is 3.81. The van der Waals surface area contributed by atoms with Crippen LogP contribution in [0.3, 0.4) is 0 Å². The average molecular weight is 471 g/mol. The second kappa shape index (κ2) is 10.0. The lowest BCUT2D eigenvalue weighted by Gasteiger charge is -2.23. The van der Waals surface area contributed by atoms with Gasteiger partial charge in [0.1, 0.15) is 11.5 Å². The predicted octanol–water partition coefficient (Wildman–Crippen LogP) is 4.75. The summed E-state index contributed by atoms with van der Waals surface area (Å²) in [4.78, 5) is 40.2. The molecule has 0 bridgehead atoms. The summed E-state index contributed by atoms with van der Waals surface area (Å²) in [5.41, 5.74) is 2.78. The number of hydrogen-bond donors (Lipinski definition) is 0. The molecule has 0 N–H and O–H groups in total. The third-order valence-electron chi connectivity index (χ3n) is 5.59. The number of esters is 1. The summed E-state index contributed by atoms with van der Waals surface area (Å²) in [6, 6.07) is 12.1. The van der Waals surface area contributed by atoms with Crippen molar-refractivity contribution in [3.63, 3.8) is 0 Å². The summed E-state index contributed by atoms with van der Waals surface area (Å²) >= 11 is 5.94. The Balaban J connectivity index is 1.96. The van der Waals surface area contributed by atoms with Crippen molar-refractivity contribution in [2.75, 3.05) is 13.7 Å². The molecule has 172 valence electrons. The van der Waals surface area contributed by atoms with Crippen LogP contribution in [0, 0.1) is 19.7 Å². The number of benzene rings is 2. The second-order valence-electron chi connectivity index (χ2n) is 7.70. The van der Waals surface area contributed by atoms with Crippen molar-refractivity contribution in [1.29, 1.82) is 0 Å². The summed E-state index contributed by atoms with van der Waals surface area (Å²) in [5.74, 6) is -1.63. The normalized spacial score (nSPS) is 10.7. The number of hydrogen-bond acceptors (Lipinski definition) is 4. The molecule has 1 heterocycles. The largest absolute Gasteiger partial charge is 0.464 e. The van der Waals surface area contributed by atoms with Gasteiger partial charge in [0.25, 0.3) is 5.91 Å². The molecular formula is C25H24ClFN2O4. The Labute approximate surface area is 196 Å². The van der Waals surface area contributed by atoms with Crippen molar-refractivity contribution in [2.45, 2.75) is 20.4 Å². The van der Waals surface area contributed by atoms with Gasteiger partial charge >= 0.3 is 5.97 Å². The van der Waals surface area contributed by atoms with Gasteiger partial charge < -0.3 is 14.2 Å². The van der Waals surface area contributed by atoms with Gasteiger partial charge in [-0.05, 0) is 61.4 Å². The summed E-state index contributed by atoms with van der Waals surface area (Å²) in [5, 5.41) is 0.485. The number of aromatic nitrogens is 1. The van der Waals surface area contributed by atoms with Crippen LogP contribution >= 0.6 is 11.6 Å². The third-order valence-corrected chi connectivity index (χ3v) is 5.84. The average Bonchev–Trinajstić information content (AvgIpc) is 3.02. The molecular weight excluding hydrogens is 447 g/mol. The Morgan fingerprint density at radius 2 is 1.64 bits per heavy atom. The fraction of sp³-hybridized carbons (Fsp3) is 0.240. The summed E-state index contributed by atoms with van der Waals surface area (Å²) in [6.45, 7) is 3.28. The van der Waals surface area contributed by atoms with Crippen molar-refractivity contribution in [2.24, 2.45) is 7.05 Å². The molecule has 0 spiro atoms. The zero-order valence-corrected chi connectivity index (χ0v) is 19.6. The molecule has 0 atom stereocenters. The quantitative estimate of drug-likeness (QED) is 0.369. The lowest BCUT2D eigenvalue weighted by atomic mass is 10.0. The van der Waals surface area contributed by atoms with Crippen LogP contribution in [0.4, 0.5) is 4.39 Å². The van der Waals surface area contributed by atoms with Gasteiger partial charge in [0.05, 0.1) is 13.7 Å². The number of amides is 1. The Hall–Kier alpha value is -3.45. The van der Waals surface area contributed by atoms with Gasteiger partial charge in [-0.15, -0.1) is 0 Å². The van der Waals surface area contributed by atoms with E-state index in [1.165, 1.54) is 24.1 Å². The van der Waals surface area contributed by atoms with Crippen molar-refractivity contribution < 1.29 is 23.5 Å². The molecule has 1 aromatic heterocycles. The highest BCUT2D eigenvalue weighted by molar-refractivity contribution is 6.30. The highest BCUT2D eigenvalue weighted by atomic mass is 35.5. The van der Waals surface area contributed by atoms with E-state index in [-0.39, 0.29) is 30.5 Å². The smallest absolute Gasteiger partial charge is 0.354 e. The van der Waals surface area contributed by atoms with E-state index in [0.29, 0.717) is 33.0 Å². The van der Waals surface area contributed by atoms with Gasteiger partial charge in [-0.25, -0.2) is 9.18 Å². The number of carbonyl (C=O) groups is 3. The number of Topliss-reactive ketones (excluding diaryl/α,β-unsaturated/α-hetero) is 1. The molecule has 2 aromatic carbocycles. The van der Waals surface area contributed by atoms with Crippen LogP contribution < -0.4 is 0 Å². The first kappa shape index (κ1) is 24.2. The minimum atomic E-state index is -0.544. The predicted molar refractivity (Wildman–Crippen MR) is 123 cm³/mol. The Morgan fingerprint density at radius 1 is 1.03 bits per heavy atom. The van der Waals surface area contributed by atoms with Crippen LogP contribution in [-0.2, 0) is 18.3 Å². The molecule has 0 fully saturated rings. The molecule has 0 saturated carbocycles. The molecule has 0 radical (unpaired) electrons. The van der Waals surface area contributed by atoms with Gasteiger partial charge in [-0.3, -0.25) is 9.59 Å². The van der Waals surface area contributed by atoms with Gasteiger partial charge in [-0.1, -0.05) is 23.7 Å².